The van der Waals surface area contributed by atoms with Crippen LogP contribution in [0.2, 0.25) is 0 Å². The number of nitriles is 2. The minimum Gasteiger partial charge on any atom is -0.489 e. The molecule has 0 aliphatic rings. The van der Waals surface area contributed by atoms with E-state index in [1.165, 1.54) is 0 Å². The van der Waals surface area contributed by atoms with Crippen molar-refractivity contribution in [1.82, 2.24) is 20.6 Å². The van der Waals surface area contributed by atoms with Crippen molar-refractivity contribution in [2.24, 2.45) is 0 Å². The van der Waals surface area contributed by atoms with E-state index in [0.717, 1.165) is 22.3 Å². The van der Waals surface area contributed by atoms with Crippen LogP contribution < -0.4 is 20.1 Å². The third-order valence-electron chi connectivity index (χ3n) is 7.04. The highest BCUT2D eigenvalue weighted by atomic mass is 16.5. The van der Waals surface area contributed by atoms with Gasteiger partial charge in [-0.25, -0.2) is 0 Å². The van der Waals surface area contributed by atoms with Gasteiger partial charge in [-0.05, 0) is 48.2 Å². The molecule has 0 aliphatic carbocycles. The molecule has 0 saturated carbocycles. The van der Waals surface area contributed by atoms with Crippen molar-refractivity contribution in [2.75, 3.05) is 26.3 Å². The molecule has 4 rings (SSSR count). The molecule has 0 aliphatic heterocycles. The molecule has 4 N–H and O–H groups in total. The molecule has 0 fully saturated rings. The van der Waals surface area contributed by atoms with Crippen molar-refractivity contribution in [1.29, 1.82) is 10.5 Å². The molecule has 0 amide bonds. The van der Waals surface area contributed by atoms with Gasteiger partial charge < -0.3 is 30.3 Å². The molecule has 10 nitrogen and oxygen atoms in total. The van der Waals surface area contributed by atoms with Crippen LogP contribution in [0.5, 0.6) is 11.5 Å². The summed E-state index contributed by atoms with van der Waals surface area (Å²) >= 11 is 0. The molecule has 0 unspecified atom stereocenters. The lowest BCUT2D eigenvalue weighted by atomic mass is 9.95. The van der Waals surface area contributed by atoms with Gasteiger partial charge in [-0.1, -0.05) is 24.3 Å². The fourth-order valence-electron chi connectivity index (χ4n) is 4.80. The third-order valence-corrected chi connectivity index (χ3v) is 7.04. The lowest BCUT2D eigenvalue weighted by Crippen LogP contribution is -2.17. The molecule has 10 heteroatoms. The van der Waals surface area contributed by atoms with Crippen molar-refractivity contribution >= 4 is 0 Å². The van der Waals surface area contributed by atoms with Gasteiger partial charge in [0.25, 0.3) is 0 Å². The summed E-state index contributed by atoms with van der Waals surface area (Å²) in [6, 6.07) is 16.3. The molecule has 0 radical (unpaired) electrons. The lowest BCUT2D eigenvalue weighted by molar-refractivity contribution is 0.291. The summed E-state index contributed by atoms with van der Waals surface area (Å²) in [6.07, 6.45) is 6.33. The summed E-state index contributed by atoms with van der Waals surface area (Å²) in [4.78, 5) is 8.72. The van der Waals surface area contributed by atoms with E-state index < -0.39 is 0 Å². The smallest absolute Gasteiger partial charge is 0.122 e. The first-order chi connectivity index (χ1) is 21.5. The number of aryl methyl sites for hydroxylation is 2. The maximum atomic E-state index is 10.2. The quantitative estimate of drug-likeness (QED) is 0.150. The average molecular weight is 593 g/mol. The first kappa shape index (κ1) is 32.1. The standard InChI is InChI=1S/C34H36N6O4/c1-23-11-25(15-37-7-9-41)3-5-33(23)43-21-27-17-39-19-31(29(27)13-35)32-20-40-18-28(30(32)14-36)22-44-34-6-4-26(12-24(34)2)16-38-8-10-42/h3-6,11-12,17-20,37-38,41-42H,7-10,15-16,21-22H2,1-2H3. The Balaban J connectivity index is 1.52. The monoisotopic (exact) mass is 592 g/mol. The highest BCUT2D eigenvalue weighted by molar-refractivity contribution is 5.76. The largest absolute Gasteiger partial charge is 0.489 e. The minimum absolute atomic E-state index is 0.0819. The van der Waals surface area contributed by atoms with Gasteiger partial charge in [0.1, 0.15) is 36.9 Å². The number of aliphatic hydroxyl groups is 2. The molecule has 0 atom stereocenters. The zero-order valence-corrected chi connectivity index (χ0v) is 24.9. The van der Waals surface area contributed by atoms with E-state index in [1.807, 2.05) is 50.2 Å². The molecule has 2 aromatic carbocycles. The summed E-state index contributed by atoms with van der Waals surface area (Å²) in [5.41, 5.74) is 6.94. The second kappa shape index (κ2) is 16.1. The lowest BCUT2D eigenvalue weighted by Gasteiger charge is -2.15. The Hall–Kier alpha value is -4.84. The van der Waals surface area contributed by atoms with Gasteiger partial charge in [-0.3, -0.25) is 9.97 Å². The molecule has 0 spiro atoms. The number of hydrogen-bond donors (Lipinski definition) is 4. The van der Waals surface area contributed by atoms with Crippen LogP contribution in [0.4, 0.5) is 0 Å². The number of nitrogens with zero attached hydrogens (tertiary/aromatic N) is 4. The van der Waals surface area contributed by atoms with Crippen molar-refractivity contribution in [2.45, 2.75) is 40.2 Å². The number of ether oxygens (including phenoxy) is 2. The van der Waals surface area contributed by atoms with Gasteiger partial charge in [0.05, 0.1) is 24.3 Å². The maximum Gasteiger partial charge on any atom is 0.122 e. The molecule has 4 aromatic rings. The summed E-state index contributed by atoms with van der Waals surface area (Å²) < 4.78 is 12.2. The van der Waals surface area contributed by atoms with Gasteiger partial charge in [-0.15, -0.1) is 0 Å². The zero-order valence-electron chi connectivity index (χ0n) is 24.9. The van der Waals surface area contributed by atoms with Crippen LogP contribution in [0.1, 0.15) is 44.5 Å². The Morgan fingerprint density at radius 2 is 1.11 bits per heavy atom. The first-order valence-corrected chi connectivity index (χ1v) is 14.3. The Morgan fingerprint density at radius 1 is 0.682 bits per heavy atom. The second-order valence-corrected chi connectivity index (χ2v) is 10.2. The van der Waals surface area contributed by atoms with Gasteiger partial charge in [-0.2, -0.15) is 10.5 Å². The molecule has 2 aromatic heterocycles. The number of nitrogens with one attached hydrogen (secondary N) is 2. The topological polar surface area (TPSA) is 156 Å². The number of hydrogen-bond acceptors (Lipinski definition) is 10. The van der Waals surface area contributed by atoms with E-state index in [4.69, 9.17) is 19.7 Å². The molecule has 44 heavy (non-hydrogen) atoms. The Kier molecular flexibility index (Phi) is 11.8. The normalized spacial score (nSPS) is 10.7. The number of aliphatic hydroxyl groups excluding tert-OH is 2. The number of rotatable bonds is 15. The van der Waals surface area contributed by atoms with Crippen LogP contribution in [0, 0.1) is 36.5 Å². The zero-order chi connectivity index (χ0) is 31.3. The second-order valence-electron chi connectivity index (χ2n) is 10.2. The Bertz CT molecular complexity index is 1540. The molecule has 0 bridgehead atoms. The van der Waals surface area contributed by atoms with E-state index in [1.54, 1.807) is 24.8 Å². The maximum absolute atomic E-state index is 10.2. The van der Waals surface area contributed by atoms with Crippen LogP contribution in [0.3, 0.4) is 0 Å². The molecule has 0 saturated heterocycles. The van der Waals surface area contributed by atoms with Crippen LogP contribution in [-0.4, -0.2) is 46.5 Å². The van der Waals surface area contributed by atoms with E-state index in [9.17, 15) is 10.5 Å². The molecule has 226 valence electrons. The Morgan fingerprint density at radius 3 is 1.48 bits per heavy atom. The number of aromatic nitrogens is 2. The number of benzene rings is 2. The van der Waals surface area contributed by atoms with Crippen molar-refractivity contribution < 1.29 is 19.7 Å². The van der Waals surface area contributed by atoms with Crippen molar-refractivity contribution in [3.05, 3.63) is 106 Å². The SMILES string of the molecule is Cc1cc(CNCCO)ccc1OCc1cncc(-c2cncc(COc3ccc(CNCCO)cc3C)c2C#N)c1C#N. The fraction of sp³-hybridized carbons (Fsp3) is 0.294. The predicted octanol–water partition coefficient (Wildman–Crippen LogP) is 3.83. The molecular formula is C34H36N6O4. The van der Waals surface area contributed by atoms with Gasteiger partial charge >= 0.3 is 0 Å². The highest BCUT2D eigenvalue weighted by Crippen LogP contribution is 2.31. The number of pyridine rings is 2. The van der Waals surface area contributed by atoms with Crippen molar-refractivity contribution in [3.8, 4) is 34.8 Å². The summed E-state index contributed by atoms with van der Waals surface area (Å²) in [6.45, 7) is 6.64. The summed E-state index contributed by atoms with van der Waals surface area (Å²) in [7, 11) is 0. The molecular weight excluding hydrogens is 556 g/mol. The summed E-state index contributed by atoms with van der Waals surface area (Å²) in [5, 5.41) is 44.6. The summed E-state index contributed by atoms with van der Waals surface area (Å²) in [5.74, 6) is 1.38. The van der Waals surface area contributed by atoms with Crippen molar-refractivity contribution in [3.63, 3.8) is 0 Å². The van der Waals surface area contributed by atoms with E-state index >= 15 is 0 Å². The van der Waals surface area contributed by atoms with Crippen LogP contribution >= 0.6 is 0 Å². The minimum atomic E-state index is 0.0819. The van der Waals surface area contributed by atoms with E-state index in [0.29, 0.717) is 71.1 Å². The van der Waals surface area contributed by atoms with Crippen LogP contribution in [-0.2, 0) is 26.3 Å². The van der Waals surface area contributed by atoms with E-state index in [2.05, 4.69) is 32.7 Å². The molecule has 2 heterocycles. The predicted molar refractivity (Wildman–Crippen MR) is 166 cm³/mol. The van der Waals surface area contributed by atoms with Crippen LogP contribution in [0.25, 0.3) is 11.1 Å². The first-order valence-electron chi connectivity index (χ1n) is 14.3. The van der Waals surface area contributed by atoms with Gasteiger partial charge in [0, 0.05) is 73.2 Å². The highest BCUT2D eigenvalue weighted by Gasteiger charge is 2.18. The Labute approximate surface area is 257 Å². The third kappa shape index (κ3) is 8.16. The average Bonchev–Trinajstić information content (AvgIpc) is 3.03. The van der Waals surface area contributed by atoms with Crippen LogP contribution in [0.15, 0.2) is 61.2 Å². The van der Waals surface area contributed by atoms with Gasteiger partial charge in [0.15, 0.2) is 0 Å². The van der Waals surface area contributed by atoms with E-state index in [-0.39, 0.29) is 26.4 Å². The fourth-order valence-corrected chi connectivity index (χ4v) is 4.80. The van der Waals surface area contributed by atoms with Gasteiger partial charge in [0.2, 0.25) is 0 Å².